The molecule has 0 radical (unpaired) electrons. The van der Waals surface area contributed by atoms with Crippen LogP contribution >= 0.6 is 11.6 Å². The number of hydrogen-bond donors (Lipinski definition) is 1. The van der Waals surface area contributed by atoms with Crippen molar-refractivity contribution >= 4 is 29.3 Å². The molecular weight excluding hydrogens is 278 g/mol. The normalized spacial score (nSPS) is 12.6. The third kappa shape index (κ3) is 4.54. The minimum absolute atomic E-state index is 0.183. The second-order valence-electron chi connectivity index (χ2n) is 4.47. The molecule has 0 aromatic heterocycles. The fourth-order valence-electron chi connectivity index (χ4n) is 2.13. The quantitative estimate of drug-likeness (QED) is 0.785. The summed E-state index contributed by atoms with van der Waals surface area (Å²) >= 11 is 6.00. The van der Waals surface area contributed by atoms with E-state index in [4.69, 9.17) is 21.4 Å². The second kappa shape index (κ2) is 7.92. The molecule has 0 aliphatic heterocycles. The zero-order chi connectivity index (χ0) is 15.1. The molecule has 4 nitrogen and oxygen atoms in total. The van der Waals surface area contributed by atoms with E-state index in [1.165, 1.54) is 0 Å². The van der Waals surface area contributed by atoms with Crippen LogP contribution in [0.25, 0.3) is 6.08 Å². The summed E-state index contributed by atoms with van der Waals surface area (Å²) in [6, 6.07) is 5.65. The molecule has 1 aromatic rings. The maximum Gasteiger partial charge on any atom is 0.328 e. The van der Waals surface area contributed by atoms with E-state index in [1.54, 1.807) is 25.3 Å². The summed E-state index contributed by atoms with van der Waals surface area (Å²) in [4.78, 5) is 12.8. The topological polar surface area (TPSA) is 49.8 Å². The van der Waals surface area contributed by atoms with Gasteiger partial charge in [0.1, 0.15) is 0 Å². The lowest BCUT2D eigenvalue weighted by atomic mass is 10.1. The van der Waals surface area contributed by atoms with Crippen LogP contribution in [0.5, 0.6) is 0 Å². The molecule has 1 unspecified atom stereocenters. The molecule has 0 saturated carbocycles. The van der Waals surface area contributed by atoms with Gasteiger partial charge in [0.2, 0.25) is 0 Å². The van der Waals surface area contributed by atoms with Crippen LogP contribution in [0.3, 0.4) is 0 Å². The highest BCUT2D eigenvalue weighted by molar-refractivity contribution is 6.30. The van der Waals surface area contributed by atoms with Gasteiger partial charge in [0.05, 0.1) is 6.61 Å². The van der Waals surface area contributed by atoms with Crippen molar-refractivity contribution in [1.29, 1.82) is 0 Å². The molecule has 110 valence electrons. The summed E-state index contributed by atoms with van der Waals surface area (Å²) in [7, 11) is 1.66. The lowest BCUT2D eigenvalue weighted by molar-refractivity contribution is -0.131. The van der Waals surface area contributed by atoms with Crippen molar-refractivity contribution in [2.24, 2.45) is 0 Å². The van der Waals surface area contributed by atoms with Crippen LogP contribution in [0.15, 0.2) is 24.3 Å². The van der Waals surface area contributed by atoms with E-state index < -0.39 is 5.97 Å². The molecule has 0 saturated heterocycles. The Hall–Kier alpha value is -1.52. The van der Waals surface area contributed by atoms with Gasteiger partial charge >= 0.3 is 5.97 Å². The summed E-state index contributed by atoms with van der Waals surface area (Å²) in [5.74, 6) is -0.982. The van der Waals surface area contributed by atoms with Crippen LogP contribution in [-0.2, 0) is 9.53 Å². The lowest BCUT2D eigenvalue weighted by Crippen LogP contribution is -2.36. The van der Waals surface area contributed by atoms with E-state index in [2.05, 4.69) is 11.8 Å². The molecule has 1 rings (SSSR count). The van der Waals surface area contributed by atoms with Crippen molar-refractivity contribution in [3.63, 3.8) is 0 Å². The van der Waals surface area contributed by atoms with Crippen molar-refractivity contribution in [3.05, 3.63) is 34.9 Å². The maximum absolute atomic E-state index is 10.7. The van der Waals surface area contributed by atoms with E-state index in [0.29, 0.717) is 11.6 Å². The van der Waals surface area contributed by atoms with E-state index in [9.17, 15) is 4.79 Å². The molecule has 0 aliphatic rings. The first kappa shape index (κ1) is 16.5. The number of benzene rings is 1. The minimum atomic E-state index is -0.982. The standard InChI is InChI=1S/C15H20ClNO3/c1-4-17(11(2)10-20-3)14-7-6-13(16)9-12(14)5-8-15(18)19/h5-9,11H,4,10H2,1-3H3,(H,18,19)/b8-5+. The largest absolute Gasteiger partial charge is 0.478 e. The molecule has 20 heavy (non-hydrogen) atoms. The summed E-state index contributed by atoms with van der Waals surface area (Å²) in [6.45, 7) is 5.50. The number of anilines is 1. The number of methoxy groups -OCH3 is 1. The van der Waals surface area contributed by atoms with E-state index in [1.807, 2.05) is 13.0 Å². The summed E-state index contributed by atoms with van der Waals surface area (Å²) < 4.78 is 5.19. The Morgan fingerprint density at radius 3 is 2.80 bits per heavy atom. The van der Waals surface area contributed by atoms with Gasteiger partial charge in [0, 0.05) is 36.5 Å². The number of carboxylic acid groups (broad SMARTS) is 1. The molecule has 0 heterocycles. The summed E-state index contributed by atoms with van der Waals surface area (Å²) in [5, 5.41) is 9.35. The fourth-order valence-corrected chi connectivity index (χ4v) is 2.31. The Morgan fingerprint density at radius 1 is 1.55 bits per heavy atom. The number of rotatable bonds is 7. The second-order valence-corrected chi connectivity index (χ2v) is 4.90. The molecule has 5 heteroatoms. The van der Waals surface area contributed by atoms with Gasteiger partial charge in [-0.1, -0.05) is 11.6 Å². The molecule has 1 N–H and O–H groups in total. The van der Waals surface area contributed by atoms with Crippen molar-refractivity contribution in [2.45, 2.75) is 19.9 Å². The smallest absolute Gasteiger partial charge is 0.328 e. The van der Waals surface area contributed by atoms with Crippen LogP contribution in [-0.4, -0.2) is 37.4 Å². The number of carboxylic acids is 1. The third-order valence-corrected chi connectivity index (χ3v) is 3.22. The number of aliphatic carboxylic acids is 1. The first-order valence-corrected chi connectivity index (χ1v) is 6.83. The Kier molecular flexibility index (Phi) is 6.55. The lowest BCUT2D eigenvalue weighted by Gasteiger charge is -2.31. The fraction of sp³-hybridized carbons (Fsp3) is 0.400. The van der Waals surface area contributed by atoms with E-state index >= 15 is 0 Å². The zero-order valence-electron chi connectivity index (χ0n) is 12.0. The zero-order valence-corrected chi connectivity index (χ0v) is 12.7. The predicted molar refractivity (Wildman–Crippen MR) is 82.5 cm³/mol. The summed E-state index contributed by atoms with van der Waals surface area (Å²) in [6.07, 6.45) is 2.68. The Bertz CT molecular complexity index is 488. The van der Waals surface area contributed by atoms with Crippen molar-refractivity contribution in [2.75, 3.05) is 25.2 Å². The number of likely N-dealkylation sites (N-methyl/N-ethyl adjacent to an activating group) is 1. The number of nitrogens with zero attached hydrogens (tertiary/aromatic N) is 1. The highest BCUT2D eigenvalue weighted by Gasteiger charge is 2.15. The Labute approximate surface area is 124 Å². The molecule has 1 aromatic carbocycles. The molecule has 0 spiro atoms. The van der Waals surface area contributed by atoms with Crippen molar-refractivity contribution in [1.82, 2.24) is 0 Å². The van der Waals surface area contributed by atoms with Crippen LogP contribution < -0.4 is 4.90 Å². The van der Waals surface area contributed by atoms with Gasteiger partial charge in [-0.3, -0.25) is 0 Å². The van der Waals surface area contributed by atoms with Gasteiger partial charge in [0.25, 0.3) is 0 Å². The number of carbonyl (C=O) groups is 1. The van der Waals surface area contributed by atoms with Crippen LogP contribution in [0.1, 0.15) is 19.4 Å². The number of hydrogen-bond acceptors (Lipinski definition) is 3. The number of halogens is 1. The molecule has 1 atom stereocenters. The van der Waals surface area contributed by atoms with Crippen LogP contribution in [0, 0.1) is 0 Å². The molecule has 0 amide bonds. The first-order valence-electron chi connectivity index (χ1n) is 6.45. The van der Waals surface area contributed by atoms with Gasteiger partial charge < -0.3 is 14.7 Å². The average molecular weight is 298 g/mol. The third-order valence-electron chi connectivity index (χ3n) is 2.99. The van der Waals surface area contributed by atoms with Gasteiger partial charge in [-0.05, 0) is 43.7 Å². The molecular formula is C15H20ClNO3. The molecule has 0 fully saturated rings. The van der Waals surface area contributed by atoms with Gasteiger partial charge in [-0.15, -0.1) is 0 Å². The minimum Gasteiger partial charge on any atom is -0.478 e. The van der Waals surface area contributed by atoms with Gasteiger partial charge in [0.15, 0.2) is 0 Å². The molecule has 0 aliphatic carbocycles. The van der Waals surface area contributed by atoms with Gasteiger partial charge in [-0.2, -0.15) is 0 Å². The van der Waals surface area contributed by atoms with E-state index in [0.717, 1.165) is 23.9 Å². The van der Waals surface area contributed by atoms with E-state index in [-0.39, 0.29) is 6.04 Å². The van der Waals surface area contributed by atoms with Crippen LogP contribution in [0.2, 0.25) is 5.02 Å². The predicted octanol–water partition coefficient (Wildman–Crippen LogP) is 3.30. The summed E-state index contributed by atoms with van der Waals surface area (Å²) in [5.41, 5.74) is 1.73. The monoisotopic (exact) mass is 297 g/mol. The Balaban J connectivity index is 3.17. The Morgan fingerprint density at radius 2 is 2.25 bits per heavy atom. The maximum atomic E-state index is 10.7. The SMILES string of the molecule is CCN(c1ccc(Cl)cc1/C=C/C(=O)O)C(C)COC. The highest BCUT2D eigenvalue weighted by atomic mass is 35.5. The van der Waals surface area contributed by atoms with Crippen molar-refractivity contribution in [3.8, 4) is 0 Å². The first-order chi connectivity index (χ1) is 9.49. The highest BCUT2D eigenvalue weighted by Crippen LogP contribution is 2.27. The number of ether oxygens (including phenoxy) is 1. The molecule has 0 bridgehead atoms. The van der Waals surface area contributed by atoms with Gasteiger partial charge in [-0.25, -0.2) is 4.79 Å². The van der Waals surface area contributed by atoms with Crippen molar-refractivity contribution < 1.29 is 14.6 Å². The average Bonchev–Trinajstić information content (AvgIpc) is 2.39. The van der Waals surface area contributed by atoms with Crippen LogP contribution in [0.4, 0.5) is 5.69 Å².